The molecular formula is C33H39O6S-. The van der Waals surface area contributed by atoms with Crippen molar-refractivity contribution < 1.29 is 29.3 Å². The number of hydrogen-bond donors (Lipinski definition) is 1. The molecule has 0 amide bonds. The van der Waals surface area contributed by atoms with Gasteiger partial charge >= 0.3 is 5.97 Å². The molecule has 2 unspecified atom stereocenters. The van der Waals surface area contributed by atoms with Gasteiger partial charge in [0, 0.05) is 11.3 Å². The van der Waals surface area contributed by atoms with Gasteiger partial charge in [0.25, 0.3) is 0 Å². The van der Waals surface area contributed by atoms with Crippen LogP contribution in [0, 0.1) is 0 Å². The predicted octanol–water partition coefficient (Wildman–Crippen LogP) is 5.69. The number of aliphatic carboxylic acids is 1. The van der Waals surface area contributed by atoms with Crippen molar-refractivity contribution in [3.8, 4) is 5.75 Å². The van der Waals surface area contributed by atoms with Crippen molar-refractivity contribution in [2.24, 2.45) is 0 Å². The van der Waals surface area contributed by atoms with E-state index < -0.39 is 23.3 Å². The Bertz CT molecular complexity index is 1210. The number of esters is 1. The van der Waals surface area contributed by atoms with Crippen LogP contribution in [0.5, 0.6) is 5.75 Å². The minimum Gasteiger partial charge on any atom is -0.547 e. The summed E-state index contributed by atoms with van der Waals surface area (Å²) in [5, 5.41) is 21.6. The largest absolute Gasteiger partial charge is 0.547 e. The number of carbonyl (C=O) groups excluding carboxylic acids is 2. The van der Waals surface area contributed by atoms with Crippen LogP contribution in [0.25, 0.3) is 0 Å². The zero-order valence-electron chi connectivity index (χ0n) is 23.3. The lowest BCUT2D eigenvalue weighted by Gasteiger charge is -2.26. The fraction of sp³-hybridized carbons (Fsp3) is 0.394. The molecule has 0 aromatic heterocycles. The summed E-state index contributed by atoms with van der Waals surface area (Å²) >= 11 is 1.31. The molecule has 0 saturated heterocycles. The Morgan fingerprint density at radius 2 is 1.48 bits per heavy atom. The highest BCUT2D eigenvalue weighted by atomic mass is 32.2. The second-order valence-electron chi connectivity index (χ2n) is 9.82. The molecule has 3 aromatic carbocycles. The third-order valence-corrected chi connectivity index (χ3v) is 8.37. The topological polar surface area (TPSA) is 95.9 Å². The lowest BCUT2D eigenvalue weighted by molar-refractivity contribution is -0.315. The van der Waals surface area contributed by atoms with E-state index in [1.54, 1.807) is 18.2 Å². The minimum atomic E-state index is -1.67. The van der Waals surface area contributed by atoms with Crippen LogP contribution in [-0.4, -0.2) is 37.4 Å². The van der Waals surface area contributed by atoms with E-state index in [0.29, 0.717) is 17.1 Å². The fourth-order valence-corrected chi connectivity index (χ4v) is 6.10. The maximum Gasteiger partial charge on any atom is 0.337 e. The van der Waals surface area contributed by atoms with Crippen LogP contribution < -0.4 is 9.84 Å². The first-order chi connectivity index (χ1) is 19.4. The third kappa shape index (κ3) is 9.42. The monoisotopic (exact) mass is 563 g/mol. The Kier molecular flexibility index (Phi) is 13.1. The highest BCUT2D eigenvalue weighted by Crippen LogP contribution is 2.38. The normalized spacial score (nSPS) is 12.5. The van der Waals surface area contributed by atoms with E-state index in [0.717, 1.165) is 48.8 Å². The molecule has 0 aliphatic rings. The van der Waals surface area contributed by atoms with E-state index in [1.807, 2.05) is 30.3 Å². The molecule has 0 radical (unpaired) electrons. The SMILES string of the molecule is COC(=O)c1ccc(CSC(c2ccccc2CCCCCCCCc2ccccc2)C(O)C(=O)[O-])c(OC)c1. The van der Waals surface area contributed by atoms with E-state index in [-0.39, 0.29) is 0 Å². The van der Waals surface area contributed by atoms with Crippen molar-refractivity contribution in [1.82, 2.24) is 0 Å². The molecule has 0 aliphatic carbocycles. The summed E-state index contributed by atoms with van der Waals surface area (Å²) in [7, 11) is 2.83. The molecule has 0 heterocycles. The molecule has 2 atom stereocenters. The van der Waals surface area contributed by atoms with Crippen LogP contribution in [0.15, 0.2) is 72.8 Å². The van der Waals surface area contributed by atoms with Gasteiger partial charge in [-0.15, -0.1) is 11.8 Å². The summed E-state index contributed by atoms with van der Waals surface area (Å²) in [6, 6.07) is 23.3. The van der Waals surface area contributed by atoms with Gasteiger partial charge in [0.2, 0.25) is 0 Å². The molecule has 7 heteroatoms. The maximum atomic E-state index is 11.9. The number of carboxylic acid groups (broad SMARTS) is 1. The molecule has 1 N–H and O–H groups in total. The van der Waals surface area contributed by atoms with E-state index in [9.17, 15) is 19.8 Å². The third-order valence-electron chi connectivity index (χ3n) is 7.02. The highest BCUT2D eigenvalue weighted by Gasteiger charge is 2.25. The van der Waals surface area contributed by atoms with Crippen LogP contribution in [-0.2, 0) is 28.1 Å². The van der Waals surface area contributed by atoms with E-state index in [1.165, 1.54) is 50.8 Å². The van der Waals surface area contributed by atoms with Gasteiger partial charge in [0.05, 0.1) is 31.0 Å². The smallest absolute Gasteiger partial charge is 0.337 e. The molecule has 0 spiro atoms. The standard InChI is InChI=1S/C33H40O6S/c1-38-29-22-26(33(37)39-2)20-21-27(29)23-40-31(30(34)32(35)36)28-19-13-12-18-25(28)17-11-6-4-3-5-8-14-24-15-9-7-10-16-24/h7,9-10,12-13,15-16,18-22,30-31,34H,3-6,8,11,14,17,23H2,1-2H3,(H,35,36)/p-1. The summed E-state index contributed by atoms with van der Waals surface area (Å²) in [6.45, 7) is 0. The Morgan fingerprint density at radius 1 is 0.825 bits per heavy atom. The van der Waals surface area contributed by atoms with E-state index >= 15 is 0 Å². The lowest BCUT2D eigenvalue weighted by atomic mass is 9.96. The summed E-state index contributed by atoms with van der Waals surface area (Å²) in [4.78, 5) is 23.6. The first-order valence-corrected chi connectivity index (χ1v) is 14.9. The number of hydrogen-bond acceptors (Lipinski definition) is 7. The van der Waals surface area contributed by atoms with Gasteiger partial charge in [0.1, 0.15) is 11.9 Å². The number of ether oxygens (including phenoxy) is 2. The van der Waals surface area contributed by atoms with Crippen molar-refractivity contribution in [2.75, 3.05) is 14.2 Å². The maximum absolute atomic E-state index is 11.9. The quantitative estimate of drug-likeness (QED) is 0.166. The van der Waals surface area contributed by atoms with Crippen molar-refractivity contribution in [3.05, 3.63) is 101 Å². The molecule has 3 aromatic rings. The molecular weight excluding hydrogens is 524 g/mol. The summed E-state index contributed by atoms with van der Waals surface area (Å²) in [5.74, 6) is -1.11. The van der Waals surface area contributed by atoms with Crippen LogP contribution in [0.1, 0.15) is 76.4 Å². The van der Waals surface area contributed by atoms with Gasteiger partial charge in [-0.3, -0.25) is 0 Å². The number of benzene rings is 3. The number of aryl methyl sites for hydroxylation is 2. The van der Waals surface area contributed by atoms with Gasteiger partial charge in [-0.05, 0) is 54.5 Å². The first-order valence-electron chi connectivity index (χ1n) is 13.8. The van der Waals surface area contributed by atoms with Crippen molar-refractivity contribution in [2.45, 2.75) is 68.5 Å². The molecule has 6 nitrogen and oxygen atoms in total. The Hall–Kier alpha value is -3.29. The van der Waals surface area contributed by atoms with Crippen LogP contribution in [0.2, 0.25) is 0 Å². The number of methoxy groups -OCH3 is 2. The number of carbonyl (C=O) groups is 2. The fourth-order valence-electron chi connectivity index (χ4n) is 4.80. The molecule has 214 valence electrons. The van der Waals surface area contributed by atoms with E-state index in [2.05, 4.69) is 24.3 Å². The van der Waals surface area contributed by atoms with Crippen LogP contribution in [0.4, 0.5) is 0 Å². The molecule has 40 heavy (non-hydrogen) atoms. The van der Waals surface area contributed by atoms with Gasteiger partial charge in [-0.2, -0.15) is 0 Å². The number of rotatable bonds is 17. The molecule has 0 aliphatic heterocycles. The average molecular weight is 564 g/mol. The Morgan fingerprint density at radius 3 is 2.15 bits per heavy atom. The number of thioether (sulfide) groups is 1. The average Bonchev–Trinajstić information content (AvgIpc) is 2.99. The summed E-state index contributed by atoms with van der Waals surface area (Å²) in [6.07, 6.45) is 7.14. The molecule has 0 saturated carbocycles. The number of aliphatic hydroxyl groups is 1. The van der Waals surface area contributed by atoms with Crippen molar-refractivity contribution in [1.29, 1.82) is 0 Å². The van der Waals surface area contributed by atoms with Gasteiger partial charge < -0.3 is 24.5 Å². The molecule has 0 bridgehead atoms. The number of unbranched alkanes of at least 4 members (excludes halogenated alkanes) is 5. The van der Waals surface area contributed by atoms with Gasteiger partial charge in [-0.1, -0.05) is 86.3 Å². The van der Waals surface area contributed by atoms with Crippen molar-refractivity contribution >= 4 is 23.7 Å². The Balaban J connectivity index is 1.58. The Labute approximate surface area is 241 Å². The summed E-state index contributed by atoms with van der Waals surface area (Å²) in [5.41, 5.74) is 4.37. The van der Waals surface area contributed by atoms with Gasteiger partial charge in [-0.25, -0.2) is 4.79 Å². The van der Waals surface area contributed by atoms with Crippen LogP contribution >= 0.6 is 11.8 Å². The molecule has 3 rings (SSSR count). The lowest BCUT2D eigenvalue weighted by Crippen LogP contribution is -2.39. The highest BCUT2D eigenvalue weighted by molar-refractivity contribution is 7.98. The predicted molar refractivity (Wildman–Crippen MR) is 157 cm³/mol. The summed E-state index contributed by atoms with van der Waals surface area (Å²) < 4.78 is 10.2. The zero-order valence-corrected chi connectivity index (χ0v) is 24.2. The number of aliphatic hydroxyl groups excluding tert-OH is 1. The van der Waals surface area contributed by atoms with E-state index in [4.69, 9.17) is 9.47 Å². The zero-order chi connectivity index (χ0) is 28.7. The number of carboxylic acids is 1. The second kappa shape index (κ2) is 16.7. The first kappa shape index (κ1) is 31.2. The second-order valence-corrected chi connectivity index (χ2v) is 10.9. The molecule has 0 fully saturated rings. The minimum absolute atomic E-state index is 0.362. The van der Waals surface area contributed by atoms with Crippen LogP contribution in [0.3, 0.4) is 0 Å². The van der Waals surface area contributed by atoms with Gasteiger partial charge in [0.15, 0.2) is 0 Å². The van der Waals surface area contributed by atoms with Crippen molar-refractivity contribution in [3.63, 3.8) is 0 Å².